The summed E-state index contributed by atoms with van der Waals surface area (Å²) in [7, 11) is 0. The molecular formula is C10H16N2O2S. The van der Waals surface area contributed by atoms with Crippen molar-refractivity contribution in [1.82, 2.24) is 10.5 Å². The maximum atomic E-state index is 11.7. The molecule has 15 heavy (non-hydrogen) atoms. The third-order valence-electron chi connectivity index (χ3n) is 1.56. The highest BCUT2D eigenvalue weighted by Gasteiger charge is 2.17. The Balaban J connectivity index is 2.66. The van der Waals surface area contributed by atoms with Gasteiger partial charge in [-0.05, 0) is 34.6 Å². The number of amides is 1. The van der Waals surface area contributed by atoms with Crippen molar-refractivity contribution in [3.63, 3.8) is 0 Å². The smallest absolute Gasteiger partial charge is 0.268 e. The lowest BCUT2D eigenvalue weighted by Gasteiger charge is -2.18. The molecule has 1 heterocycles. The van der Waals surface area contributed by atoms with Gasteiger partial charge in [0.25, 0.3) is 5.91 Å². The van der Waals surface area contributed by atoms with E-state index in [2.05, 4.69) is 10.5 Å². The van der Waals surface area contributed by atoms with Gasteiger partial charge in [0.1, 0.15) is 4.88 Å². The standard InChI is InChI=1S/C10H16N2O2S/c1-6-8(15-7(2)11-6)9(13)12-14-10(3,4)5/h1-5H3,(H,12,13). The molecule has 0 radical (unpaired) electrons. The first-order chi connectivity index (χ1) is 6.79. The van der Waals surface area contributed by atoms with E-state index >= 15 is 0 Å². The summed E-state index contributed by atoms with van der Waals surface area (Å²) in [6, 6.07) is 0. The molecule has 1 aromatic heterocycles. The second kappa shape index (κ2) is 4.28. The second-order valence-corrected chi connectivity index (χ2v) is 5.50. The highest BCUT2D eigenvalue weighted by Crippen LogP contribution is 2.17. The molecule has 0 aromatic carbocycles. The predicted octanol–water partition coefficient (Wildman–Crippen LogP) is 2.22. The van der Waals surface area contributed by atoms with Gasteiger partial charge in [-0.25, -0.2) is 10.5 Å². The van der Waals surface area contributed by atoms with E-state index < -0.39 is 0 Å². The molecule has 0 bridgehead atoms. The highest BCUT2D eigenvalue weighted by molar-refractivity contribution is 7.13. The van der Waals surface area contributed by atoms with Crippen LogP contribution in [-0.2, 0) is 4.84 Å². The van der Waals surface area contributed by atoms with Crippen LogP contribution >= 0.6 is 11.3 Å². The zero-order valence-electron chi connectivity index (χ0n) is 9.67. The number of aromatic nitrogens is 1. The number of hydrogen-bond acceptors (Lipinski definition) is 4. The summed E-state index contributed by atoms with van der Waals surface area (Å²) in [4.78, 5) is 21.6. The molecule has 0 spiro atoms. The van der Waals surface area contributed by atoms with E-state index in [0.29, 0.717) is 4.88 Å². The van der Waals surface area contributed by atoms with Crippen LogP contribution in [0.5, 0.6) is 0 Å². The average molecular weight is 228 g/mol. The van der Waals surface area contributed by atoms with E-state index in [9.17, 15) is 4.79 Å². The number of hydrogen-bond donors (Lipinski definition) is 1. The van der Waals surface area contributed by atoms with Crippen LogP contribution in [0.2, 0.25) is 0 Å². The van der Waals surface area contributed by atoms with Crippen molar-refractivity contribution in [1.29, 1.82) is 0 Å². The van der Waals surface area contributed by atoms with Crippen molar-refractivity contribution in [2.45, 2.75) is 40.2 Å². The van der Waals surface area contributed by atoms with Crippen LogP contribution in [-0.4, -0.2) is 16.5 Å². The largest absolute Gasteiger partial charge is 0.286 e. The van der Waals surface area contributed by atoms with E-state index in [-0.39, 0.29) is 11.5 Å². The third-order valence-corrected chi connectivity index (χ3v) is 2.63. The van der Waals surface area contributed by atoms with Crippen molar-refractivity contribution in [3.05, 3.63) is 15.6 Å². The van der Waals surface area contributed by atoms with Crippen LogP contribution in [0.1, 0.15) is 41.1 Å². The number of rotatable bonds is 2. The van der Waals surface area contributed by atoms with E-state index in [4.69, 9.17) is 4.84 Å². The normalized spacial score (nSPS) is 11.5. The van der Waals surface area contributed by atoms with Crippen LogP contribution in [0, 0.1) is 13.8 Å². The Hall–Kier alpha value is -0.940. The molecule has 1 rings (SSSR count). The van der Waals surface area contributed by atoms with Crippen molar-refractivity contribution < 1.29 is 9.63 Å². The number of thiazole rings is 1. The number of carbonyl (C=O) groups is 1. The molecule has 0 fully saturated rings. The molecule has 1 N–H and O–H groups in total. The Morgan fingerprint density at radius 3 is 2.40 bits per heavy atom. The van der Waals surface area contributed by atoms with Gasteiger partial charge in [-0.3, -0.25) is 9.63 Å². The Bertz CT molecular complexity index is 366. The van der Waals surface area contributed by atoms with E-state index in [1.54, 1.807) is 0 Å². The van der Waals surface area contributed by atoms with Crippen LogP contribution in [0.15, 0.2) is 0 Å². The Morgan fingerprint density at radius 1 is 1.40 bits per heavy atom. The maximum absolute atomic E-state index is 11.7. The summed E-state index contributed by atoms with van der Waals surface area (Å²) in [5.74, 6) is -0.229. The zero-order valence-corrected chi connectivity index (χ0v) is 10.5. The van der Waals surface area contributed by atoms with Gasteiger partial charge in [0.2, 0.25) is 0 Å². The van der Waals surface area contributed by atoms with Gasteiger partial charge < -0.3 is 0 Å². The molecule has 4 nitrogen and oxygen atoms in total. The quantitative estimate of drug-likeness (QED) is 0.790. The number of carbonyl (C=O) groups excluding carboxylic acids is 1. The van der Waals surface area contributed by atoms with Crippen molar-refractivity contribution >= 4 is 17.2 Å². The molecule has 0 aliphatic heterocycles. The monoisotopic (exact) mass is 228 g/mol. The van der Waals surface area contributed by atoms with Gasteiger partial charge >= 0.3 is 0 Å². The Labute approximate surface area is 93.6 Å². The van der Waals surface area contributed by atoms with Gasteiger partial charge in [-0.2, -0.15) is 0 Å². The molecule has 0 saturated heterocycles. The molecule has 0 unspecified atom stereocenters. The van der Waals surface area contributed by atoms with Crippen LogP contribution in [0.25, 0.3) is 0 Å². The molecular weight excluding hydrogens is 212 g/mol. The van der Waals surface area contributed by atoms with Gasteiger partial charge in [0.15, 0.2) is 0 Å². The molecule has 1 aromatic rings. The van der Waals surface area contributed by atoms with Gasteiger partial charge in [-0.15, -0.1) is 11.3 Å². The molecule has 0 saturated carbocycles. The highest BCUT2D eigenvalue weighted by atomic mass is 32.1. The zero-order chi connectivity index (χ0) is 11.6. The van der Waals surface area contributed by atoms with E-state index in [1.807, 2.05) is 34.6 Å². The van der Waals surface area contributed by atoms with E-state index in [0.717, 1.165) is 10.7 Å². The summed E-state index contributed by atoms with van der Waals surface area (Å²) < 4.78 is 0. The number of hydroxylamine groups is 1. The summed E-state index contributed by atoms with van der Waals surface area (Å²) in [6.07, 6.45) is 0. The molecule has 0 aliphatic rings. The lowest BCUT2D eigenvalue weighted by atomic mass is 10.2. The molecule has 0 atom stereocenters. The number of aryl methyl sites for hydroxylation is 2. The lowest BCUT2D eigenvalue weighted by molar-refractivity contribution is -0.0588. The summed E-state index contributed by atoms with van der Waals surface area (Å²) in [5.41, 5.74) is 2.78. The number of nitrogens with zero attached hydrogens (tertiary/aromatic N) is 1. The average Bonchev–Trinajstić information content (AvgIpc) is 2.40. The molecule has 5 heteroatoms. The second-order valence-electron chi connectivity index (χ2n) is 4.29. The first kappa shape index (κ1) is 12.1. The van der Waals surface area contributed by atoms with Crippen LogP contribution in [0.4, 0.5) is 0 Å². The lowest BCUT2D eigenvalue weighted by Crippen LogP contribution is -2.33. The van der Waals surface area contributed by atoms with Crippen LogP contribution < -0.4 is 5.48 Å². The fourth-order valence-electron chi connectivity index (χ4n) is 0.988. The van der Waals surface area contributed by atoms with Crippen molar-refractivity contribution in [2.24, 2.45) is 0 Å². The fourth-order valence-corrected chi connectivity index (χ4v) is 1.79. The summed E-state index contributed by atoms with van der Waals surface area (Å²) >= 11 is 1.37. The van der Waals surface area contributed by atoms with Crippen molar-refractivity contribution in [3.8, 4) is 0 Å². The van der Waals surface area contributed by atoms with Crippen LogP contribution in [0.3, 0.4) is 0 Å². The van der Waals surface area contributed by atoms with Gasteiger partial charge in [0, 0.05) is 0 Å². The van der Waals surface area contributed by atoms with Gasteiger partial charge in [0.05, 0.1) is 16.3 Å². The molecule has 1 amide bonds. The molecule has 84 valence electrons. The first-order valence-corrected chi connectivity index (χ1v) is 5.53. The SMILES string of the molecule is Cc1nc(C)c(C(=O)NOC(C)(C)C)s1. The Morgan fingerprint density at radius 2 is 2.00 bits per heavy atom. The molecule has 0 aliphatic carbocycles. The predicted molar refractivity (Wildman–Crippen MR) is 59.9 cm³/mol. The minimum atomic E-state index is -0.386. The fraction of sp³-hybridized carbons (Fsp3) is 0.600. The minimum Gasteiger partial charge on any atom is -0.268 e. The maximum Gasteiger partial charge on any atom is 0.286 e. The topological polar surface area (TPSA) is 51.2 Å². The Kier molecular flexibility index (Phi) is 3.46. The summed E-state index contributed by atoms with van der Waals surface area (Å²) in [6.45, 7) is 9.31. The summed E-state index contributed by atoms with van der Waals surface area (Å²) in [5, 5.41) is 0.883. The van der Waals surface area contributed by atoms with E-state index in [1.165, 1.54) is 11.3 Å². The van der Waals surface area contributed by atoms with Gasteiger partial charge in [-0.1, -0.05) is 0 Å². The number of nitrogens with one attached hydrogen (secondary N) is 1. The third kappa shape index (κ3) is 3.60. The first-order valence-electron chi connectivity index (χ1n) is 4.72. The minimum absolute atomic E-state index is 0.229. The van der Waals surface area contributed by atoms with Crippen molar-refractivity contribution in [2.75, 3.05) is 0 Å².